The molecule has 1 aromatic carbocycles. The molecule has 0 aliphatic carbocycles. The molecule has 1 atom stereocenters. The summed E-state index contributed by atoms with van der Waals surface area (Å²) in [5, 5.41) is 2.84. The Morgan fingerprint density at radius 1 is 1.41 bits per heavy atom. The van der Waals surface area contributed by atoms with E-state index in [0.717, 1.165) is 23.1 Å². The average molecular weight is 362 g/mol. The normalized spacial score (nSPS) is 17.4. The van der Waals surface area contributed by atoms with Crippen molar-refractivity contribution in [2.24, 2.45) is 5.92 Å². The highest BCUT2D eigenvalue weighted by Gasteiger charge is 2.19. The molecule has 1 N–H and O–H groups in total. The molecule has 114 valence electrons. The van der Waals surface area contributed by atoms with Gasteiger partial charge in [-0.25, -0.2) is 9.97 Å². The molecule has 6 heteroatoms. The minimum atomic E-state index is -0.0330. The SMILES string of the molecule is O=C(CC1CCOC1)Nc1ccnc(-c2cccc(Br)c2)n1. The van der Waals surface area contributed by atoms with Crippen LogP contribution in [0.4, 0.5) is 5.82 Å². The molecule has 0 bridgehead atoms. The van der Waals surface area contributed by atoms with Crippen molar-refractivity contribution < 1.29 is 9.53 Å². The first-order chi connectivity index (χ1) is 10.7. The molecule has 0 spiro atoms. The second-order valence-electron chi connectivity index (χ2n) is 5.26. The third kappa shape index (κ3) is 3.90. The van der Waals surface area contributed by atoms with Crippen molar-refractivity contribution >= 4 is 27.7 Å². The van der Waals surface area contributed by atoms with Gasteiger partial charge in [-0.05, 0) is 30.5 Å². The van der Waals surface area contributed by atoms with Gasteiger partial charge in [-0.3, -0.25) is 4.79 Å². The van der Waals surface area contributed by atoms with Crippen LogP contribution in [-0.4, -0.2) is 29.1 Å². The van der Waals surface area contributed by atoms with Crippen molar-refractivity contribution in [3.05, 3.63) is 41.0 Å². The van der Waals surface area contributed by atoms with Crippen LogP contribution in [0.15, 0.2) is 41.0 Å². The maximum Gasteiger partial charge on any atom is 0.225 e. The molecule has 2 heterocycles. The smallest absolute Gasteiger partial charge is 0.225 e. The Kier molecular flexibility index (Phi) is 4.80. The third-order valence-corrected chi connectivity index (χ3v) is 4.00. The van der Waals surface area contributed by atoms with E-state index in [-0.39, 0.29) is 5.91 Å². The predicted octanol–water partition coefficient (Wildman–Crippen LogP) is 3.27. The third-order valence-electron chi connectivity index (χ3n) is 3.50. The van der Waals surface area contributed by atoms with Gasteiger partial charge >= 0.3 is 0 Å². The number of halogens is 1. The van der Waals surface area contributed by atoms with E-state index in [1.165, 1.54) is 0 Å². The van der Waals surface area contributed by atoms with Crippen molar-refractivity contribution in [3.63, 3.8) is 0 Å². The summed E-state index contributed by atoms with van der Waals surface area (Å²) in [6, 6.07) is 9.44. The van der Waals surface area contributed by atoms with Gasteiger partial charge in [0.05, 0.1) is 0 Å². The number of hydrogen-bond acceptors (Lipinski definition) is 4. The Hall–Kier alpha value is -1.79. The fourth-order valence-electron chi connectivity index (χ4n) is 2.40. The van der Waals surface area contributed by atoms with Crippen LogP contribution >= 0.6 is 15.9 Å². The van der Waals surface area contributed by atoms with E-state index in [1.807, 2.05) is 24.3 Å². The summed E-state index contributed by atoms with van der Waals surface area (Å²) in [7, 11) is 0. The summed E-state index contributed by atoms with van der Waals surface area (Å²) in [5.74, 6) is 1.39. The molecule has 1 amide bonds. The molecule has 2 aromatic rings. The molecule has 1 saturated heterocycles. The second-order valence-corrected chi connectivity index (χ2v) is 6.17. The number of anilines is 1. The van der Waals surface area contributed by atoms with Crippen molar-refractivity contribution in [1.82, 2.24) is 9.97 Å². The number of hydrogen-bond donors (Lipinski definition) is 1. The molecular weight excluding hydrogens is 346 g/mol. The Labute approximate surface area is 137 Å². The monoisotopic (exact) mass is 361 g/mol. The predicted molar refractivity (Wildman–Crippen MR) is 87.3 cm³/mol. The highest BCUT2D eigenvalue weighted by Crippen LogP contribution is 2.21. The Morgan fingerprint density at radius 2 is 2.32 bits per heavy atom. The number of rotatable bonds is 4. The van der Waals surface area contributed by atoms with Crippen molar-refractivity contribution in [3.8, 4) is 11.4 Å². The lowest BCUT2D eigenvalue weighted by Gasteiger charge is -2.09. The zero-order valence-electron chi connectivity index (χ0n) is 12.0. The summed E-state index contributed by atoms with van der Waals surface area (Å²) in [4.78, 5) is 20.7. The van der Waals surface area contributed by atoms with Gasteiger partial charge in [0.25, 0.3) is 0 Å². The summed E-state index contributed by atoms with van der Waals surface area (Å²) in [5.41, 5.74) is 0.898. The number of ether oxygens (including phenoxy) is 1. The first-order valence-corrected chi connectivity index (χ1v) is 7.96. The van der Waals surface area contributed by atoms with E-state index in [4.69, 9.17) is 4.74 Å². The number of carbonyl (C=O) groups excluding carboxylic acids is 1. The molecular formula is C16H16BrN3O2. The van der Waals surface area contributed by atoms with Gasteiger partial charge in [-0.1, -0.05) is 28.1 Å². The van der Waals surface area contributed by atoms with Crippen LogP contribution in [0.3, 0.4) is 0 Å². The Balaban J connectivity index is 1.69. The van der Waals surface area contributed by atoms with Crippen LogP contribution < -0.4 is 5.32 Å². The van der Waals surface area contributed by atoms with E-state index in [0.29, 0.717) is 30.6 Å². The van der Waals surface area contributed by atoms with Crippen LogP contribution in [0.2, 0.25) is 0 Å². The van der Waals surface area contributed by atoms with Gasteiger partial charge in [-0.2, -0.15) is 0 Å². The largest absolute Gasteiger partial charge is 0.381 e. The molecule has 22 heavy (non-hydrogen) atoms. The van der Waals surface area contributed by atoms with Gasteiger partial charge in [0.15, 0.2) is 5.82 Å². The van der Waals surface area contributed by atoms with Gasteiger partial charge in [-0.15, -0.1) is 0 Å². The second kappa shape index (κ2) is 6.98. The van der Waals surface area contributed by atoms with Crippen LogP contribution in [0.5, 0.6) is 0 Å². The number of benzene rings is 1. The molecule has 0 radical (unpaired) electrons. The lowest BCUT2D eigenvalue weighted by atomic mass is 10.1. The van der Waals surface area contributed by atoms with Gasteiger partial charge in [0.1, 0.15) is 5.82 Å². The van der Waals surface area contributed by atoms with E-state index < -0.39 is 0 Å². The average Bonchev–Trinajstić information content (AvgIpc) is 3.00. The molecule has 5 nitrogen and oxygen atoms in total. The lowest BCUT2D eigenvalue weighted by Crippen LogP contribution is -2.17. The zero-order valence-corrected chi connectivity index (χ0v) is 13.5. The van der Waals surface area contributed by atoms with E-state index in [1.54, 1.807) is 12.3 Å². The lowest BCUT2D eigenvalue weighted by molar-refractivity contribution is -0.117. The molecule has 1 aliphatic rings. The molecule has 1 fully saturated rings. The van der Waals surface area contributed by atoms with E-state index >= 15 is 0 Å². The fraction of sp³-hybridized carbons (Fsp3) is 0.312. The van der Waals surface area contributed by atoms with Crippen molar-refractivity contribution in [1.29, 1.82) is 0 Å². The number of nitrogens with zero attached hydrogens (tertiary/aromatic N) is 2. The molecule has 1 aromatic heterocycles. The van der Waals surface area contributed by atoms with E-state index in [2.05, 4.69) is 31.2 Å². The first-order valence-electron chi connectivity index (χ1n) is 7.17. The van der Waals surface area contributed by atoms with Crippen LogP contribution in [0.25, 0.3) is 11.4 Å². The summed E-state index contributed by atoms with van der Waals surface area (Å²) in [6.07, 6.45) is 3.06. The fourth-order valence-corrected chi connectivity index (χ4v) is 2.79. The molecule has 3 rings (SSSR count). The Morgan fingerprint density at radius 3 is 3.09 bits per heavy atom. The molecule has 0 saturated carbocycles. The molecule has 1 aliphatic heterocycles. The summed E-state index contributed by atoms with van der Waals surface area (Å²) >= 11 is 3.43. The highest BCUT2D eigenvalue weighted by atomic mass is 79.9. The zero-order chi connectivity index (χ0) is 15.4. The minimum absolute atomic E-state index is 0.0330. The standard InChI is InChI=1S/C16H16BrN3O2/c17-13-3-1-2-12(9-13)16-18-6-4-14(20-16)19-15(21)8-11-5-7-22-10-11/h1-4,6,9,11H,5,7-8,10H2,(H,18,19,20,21). The number of amides is 1. The number of aromatic nitrogens is 2. The summed E-state index contributed by atoms with van der Waals surface area (Å²) < 4.78 is 6.25. The first kappa shape index (κ1) is 15.1. The number of carbonyl (C=O) groups is 1. The number of nitrogens with one attached hydrogen (secondary N) is 1. The van der Waals surface area contributed by atoms with Crippen LogP contribution in [0.1, 0.15) is 12.8 Å². The highest BCUT2D eigenvalue weighted by molar-refractivity contribution is 9.10. The quantitative estimate of drug-likeness (QED) is 0.907. The van der Waals surface area contributed by atoms with Gasteiger partial charge < -0.3 is 10.1 Å². The van der Waals surface area contributed by atoms with Crippen molar-refractivity contribution in [2.75, 3.05) is 18.5 Å². The topological polar surface area (TPSA) is 64.1 Å². The summed E-state index contributed by atoms with van der Waals surface area (Å²) in [6.45, 7) is 1.42. The van der Waals surface area contributed by atoms with Crippen LogP contribution in [-0.2, 0) is 9.53 Å². The molecule has 1 unspecified atom stereocenters. The van der Waals surface area contributed by atoms with E-state index in [9.17, 15) is 4.79 Å². The Bertz CT molecular complexity index is 672. The van der Waals surface area contributed by atoms with Crippen molar-refractivity contribution in [2.45, 2.75) is 12.8 Å². The van der Waals surface area contributed by atoms with Gasteiger partial charge in [0.2, 0.25) is 5.91 Å². The minimum Gasteiger partial charge on any atom is -0.381 e. The maximum atomic E-state index is 12.0. The maximum absolute atomic E-state index is 12.0. The van der Waals surface area contributed by atoms with Gasteiger partial charge in [0, 0.05) is 35.9 Å². The van der Waals surface area contributed by atoms with Crippen LogP contribution in [0, 0.1) is 5.92 Å².